The SMILES string of the molecule is CC(C)(C)OC(=O)N[C@H]1C[C@@H](/C=N/O)C1. The summed E-state index contributed by atoms with van der Waals surface area (Å²) < 4.78 is 5.11. The molecule has 5 nitrogen and oxygen atoms in total. The summed E-state index contributed by atoms with van der Waals surface area (Å²) in [6.45, 7) is 5.48. The van der Waals surface area contributed by atoms with E-state index in [0.717, 1.165) is 12.8 Å². The maximum atomic E-state index is 11.3. The zero-order chi connectivity index (χ0) is 11.5. The van der Waals surface area contributed by atoms with E-state index in [1.807, 2.05) is 20.8 Å². The molecule has 1 rings (SSSR count). The van der Waals surface area contributed by atoms with Gasteiger partial charge in [0.15, 0.2) is 0 Å². The first kappa shape index (κ1) is 11.8. The largest absolute Gasteiger partial charge is 0.444 e. The van der Waals surface area contributed by atoms with Crippen molar-refractivity contribution in [2.24, 2.45) is 11.1 Å². The van der Waals surface area contributed by atoms with Gasteiger partial charge < -0.3 is 15.3 Å². The standard InChI is InChI=1S/C10H18N2O3/c1-10(2,3)15-9(13)12-8-4-7(5-8)6-11-14/h6-8,14H,4-5H2,1-3H3,(H,12,13)/b11-6+/t7-,8+. The molecule has 0 spiro atoms. The number of ether oxygens (including phenoxy) is 1. The number of hydrogen-bond acceptors (Lipinski definition) is 4. The molecule has 15 heavy (non-hydrogen) atoms. The third-order valence-corrected chi connectivity index (χ3v) is 2.17. The minimum Gasteiger partial charge on any atom is -0.444 e. The van der Waals surface area contributed by atoms with Gasteiger partial charge in [0, 0.05) is 18.2 Å². The van der Waals surface area contributed by atoms with E-state index in [1.165, 1.54) is 6.21 Å². The number of oxime groups is 1. The first-order valence-electron chi connectivity index (χ1n) is 5.08. The van der Waals surface area contributed by atoms with Gasteiger partial charge in [0.25, 0.3) is 0 Å². The third-order valence-electron chi connectivity index (χ3n) is 2.17. The Hall–Kier alpha value is -1.26. The molecule has 1 amide bonds. The quantitative estimate of drug-likeness (QED) is 0.418. The number of hydrogen-bond donors (Lipinski definition) is 2. The van der Waals surface area contributed by atoms with Gasteiger partial charge in [-0.05, 0) is 33.6 Å². The predicted molar refractivity (Wildman–Crippen MR) is 56.2 cm³/mol. The molecule has 0 aliphatic heterocycles. The Morgan fingerprint density at radius 3 is 2.60 bits per heavy atom. The van der Waals surface area contributed by atoms with Crippen molar-refractivity contribution in [1.29, 1.82) is 0 Å². The molecule has 0 unspecified atom stereocenters. The summed E-state index contributed by atoms with van der Waals surface area (Å²) in [7, 11) is 0. The second kappa shape index (κ2) is 4.51. The monoisotopic (exact) mass is 214 g/mol. The summed E-state index contributed by atoms with van der Waals surface area (Å²) in [4.78, 5) is 11.3. The van der Waals surface area contributed by atoms with Crippen LogP contribution < -0.4 is 5.32 Å². The molecule has 0 heterocycles. The van der Waals surface area contributed by atoms with E-state index in [4.69, 9.17) is 9.94 Å². The van der Waals surface area contributed by atoms with Crippen LogP contribution in [0.3, 0.4) is 0 Å². The summed E-state index contributed by atoms with van der Waals surface area (Å²) in [6.07, 6.45) is 2.73. The first-order valence-corrected chi connectivity index (χ1v) is 5.08. The molecule has 0 radical (unpaired) electrons. The molecule has 5 heteroatoms. The summed E-state index contributed by atoms with van der Waals surface area (Å²) in [5, 5.41) is 14.0. The number of carbonyl (C=O) groups is 1. The Labute approximate surface area is 89.5 Å². The fourth-order valence-electron chi connectivity index (χ4n) is 1.47. The Morgan fingerprint density at radius 2 is 2.13 bits per heavy atom. The average Bonchev–Trinajstić information content (AvgIpc) is 1.97. The van der Waals surface area contributed by atoms with Gasteiger partial charge in [-0.3, -0.25) is 0 Å². The summed E-state index contributed by atoms with van der Waals surface area (Å²) in [5.41, 5.74) is -0.459. The minimum absolute atomic E-state index is 0.142. The zero-order valence-electron chi connectivity index (χ0n) is 9.36. The highest BCUT2D eigenvalue weighted by atomic mass is 16.6. The van der Waals surface area contributed by atoms with Crippen molar-refractivity contribution < 1.29 is 14.7 Å². The van der Waals surface area contributed by atoms with Gasteiger partial charge in [-0.15, -0.1) is 5.16 Å². The minimum atomic E-state index is -0.459. The lowest BCUT2D eigenvalue weighted by atomic mass is 9.81. The molecule has 0 aromatic heterocycles. The Balaban J connectivity index is 2.19. The van der Waals surface area contributed by atoms with Crippen LogP contribution in [0.4, 0.5) is 4.79 Å². The number of alkyl carbamates (subject to hydrolysis) is 1. The number of amides is 1. The Morgan fingerprint density at radius 1 is 1.53 bits per heavy atom. The van der Waals surface area contributed by atoms with Gasteiger partial charge in [-0.25, -0.2) is 4.79 Å². The van der Waals surface area contributed by atoms with Crippen molar-refractivity contribution in [2.45, 2.75) is 45.3 Å². The molecule has 0 bridgehead atoms. The number of rotatable bonds is 2. The second-order valence-corrected chi connectivity index (χ2v) is 4.84. The summed E-state index contributed by atoms with van der Waals surface area (Å²) in [5.74, 6) is 0.273. The molecule has 1 fully saturated rings. The number of nitrogens with one attached hydrogen (secondary N) is 1. The van der Waals surface area contributed by atoms with Crippen molar-refractivity contribution in [3.63, 3.8) is 0 Å². The van der Waals surface area contributed by atoms with E-state index in [2.05, 4.69) is 10.5 Å². The molecular formula is C10H18N2O3. The molecule has 1 aliphatic rings. The molecule has 1 aliphatic carbocycles. The summed E-state index contributed by atoms with van der Waals surface area (Å²) >= 11 is 0. The van der Waals surface area contributed by atoms with Crippen molar-refractivity contribution in [2.75, 3.05) is 0 Å². The van der Waals surface area contributed by atoms with E-state index in [-0.39, 0.29) is 18.1 Å². The average molecular weight is 214 g/mol. The van der Waals surface area contributed by atoms with E-state index >= 15 is 0 Å². The lowest BCUT2D eigenvalue weighted by Gasteiger charge is -2.33. The van der Waals surface area contributed by atoms with Gasteiger partial charge in [-0.1, -0.05) is 0 Å². The highest BCUT2D eigenvalue weighted by Crippen LogP contribution is 2.25. The molecule has 0 atom stereocenters. The molecule has 86 valence electrons. The Bertz CT molecular complexity index is 252. The van der Waals surface area contributed by atoms with Gasteiger partial charge in [0.05, 0.1) is 0 Å². The molecule has 0 saturated heterocycles. The van der Waals surface area contributed by atoms with Crippen molar-refractivity contribution in [3.8, 4) is 0 Å². The smallest absolute Gasteiger partial charge is 0.407 e. The summed E-state index contributed by atoms with van der Waals surface area (Å²) in [6, 6.07) is 0.142. The van der Waals surface area contributed by atoms with Crippen molar-refractivity contribution >= 4 is 12.3 Å². The van der Waals surface area contributed by atoms with Crippen LogP contribution in [0.2, 0.25) is 0 Å². The van der Waals surface area contributed by atoms with Crippen molar-refractivity contribution in [1.82, 2.24) is 5.32 Å². The molecule has 0 aromatic carbocycles. The zero-order valence-corrected chi connectivity index (χ0v) is 9.36. The van der Waals surface area contributed by atoms with Crippen LogP contribution in [-0.2, 0) is 4.74 Å². The van der Waals surface area contributed by atoms with Crippen LogP contribution in [0.5, 0.6) is 0 Å². The van der Waals surface area contributed by atoms with Crippen LogP contribution in [0.25, 0.3) is 0 Å². The van der Waals surface area contributed by atoms with Gasteiger partial charge in [-0.2, -0.15) is 0 Å². The van der Waals surface area contributed by atoms with Crippen LogP contribution >= 0.6 is 0 Å². The lowest BCUT2D eigenvalue weighted by Crippen LogP contribution is -2.46. The lowest BCUT2D eigenvalue weighted by molar-refractivity contribution is 0.0469. The third kappa shape index (κ3) is 4.18. The Kier molecular flexibility index (Phi) is 3.55. The van der Waals surface area contributed by atoms with Crippen molar-refractivity contribution in [3.05, 3.63) is 0 Å². The van der Waals surface area contributed by atoms with E-state index in [0.29, 0.717) is 0 Å². The fourth-order valence-corrected chi connectivity index (χ4v) is 1.47. The molecular weight excluding hydrogens is 196 g/mol. The van der Waals surface area contributed by atoms with Gasteiger partial charge in [0.2, 0.25) is 0 Å². The molecule has 1 saturated carbocycles. The highest BCUT2D eigenvalue weighted by Gasteiger charge is 2.30. The van der Waals surface area contributed by atoms with Gasteiger partial charge >= 0.3 is 6.09 Å². The van der Waals surface area contributed by atoms with E-state index < -0.39 is 5.60 Å². The predicted octanol–water partition coefficient (Wildman–Crippen LogP) is 1.75. The number of carbonyl (C=O) groups excluding carboxylic acids is 1. The van der Waals surface area contributed by atoms with E-state index in [1.54, 1.807) is 0 Å². The van der Waals surface area contributed by atoms with Crippen LogP contribution in [0.15, 0.2) is 5.16 Å². The highest BCUT2D eigenvalue weighted by molar-refractivity contribution is 5.69. The van der Waals surface area contributed by atoms with Gasteiger partial charge in [0.1, 0.15) is 5.60 Å². The maximum absolute atomic E-state index is 11.3. The first-order chi connectivity index (χ1) is 6.90. The maximum Gasteiger partial charge on any atom is 0.407 e. The van der Waals surface area contributed by atoms with E-state index in [9.17, 15) is 4.79 Å². The fraction of sp³-hybridized carbons (Fsp3) is 0.800. The topological polar surface area (TPSA) is 70.9 Å². The van der Waals surface area contributed by atoms with Crippen LogP contribution in [-0.4, -0.2) is 29.2 Å². The van der Waals surface area contributed by atoms with Crippen LogP contribution in [0.1, 0.15) is 33.6 Å². The normalized spacial score (nSPS) is 26.1. The van der Waals surface area contributed by atoms with Crippen LogP contribution in [0, 0.1) is 5.92 Å². The molecule has 0 aromatic rings. The molecule has 2 N–H and O–H groups in total. The number of nitrogens with zero attached hydrogens (tertiary/aromatic N) is 1. The second-order valence-electron chi connectivity index (χ2n) is 4.84.